The third kappa shape index (κ3) is 3.51. The molecule has 0 bridgehead atoms. The molecule has 2 fully saturated rings. The van der Waals surface area contributed by atoms with Gasteiger partial charge in [-0.25, -0.2) is 0 Å². The Bertz CT molecular complexity index is 602. The Morgan fingerprint density at radius 2 is 2.04 bits per heavy atom. The van der Waals surface area contributed by atoms with Crippen LogP contribution in [0.2, 0.25) is 0 Å². The highest BCUT2D eigenvalue weighted by Gasteiger charge is 2.35. The topological polar surface area (TPSA) is 50.8 Å². The van der Waals surface area contributed by atoms with Gasteiger partial charge in [-0.15, -0.1) is 0 Å². The molecular formula is C19H26N2O3. The van der Waals surface area contributed by atoms with Crippen molar-refractivity contribution in [3.63, 3.8) is 0 Å². The molecule has 2 unspecified atom stereocenters. The van der Waals surface area contributed by atoms with Crippen molar-refractivity contribution in [1.29, 1.82) is 0 Å². The van der Waals surface area contributed by atoms with Crippen LogP contribution < -0.4 is 14.8 Å². The number of para-hydroxylation sites is 2. The maximum absolute atomic E-state index is 12.2. The molecule has 1 amide bonds. The van der Waals surface area contributed by atoms with E-state index >= 15 is 0 Å². The smallest absolute Gasteiger partial charge is 0.224 e. The normalized spacial score (nSPS) is 30.0. The third-order valence-corrected chi connectivity index (χ3v) is 5.24. The first kappa shape index (κ1) is 15.8. The van der Waals surface area contributed by atoms with Gasteiger partial charge in [-0.2, -0.15) is 0 Å². The Kier molecular flexibility index (Phi) is 4.35. The minimum Gasteiger partial charge on any atom is -0.486 e. The molecule has 0 aromatic heterocycles. The van der Waals surface area contributed by atoms with Gasteiger partial charge in [0.25, 0.3) is 0 Å². The molecule has 5 nitrogen and oxygen atoms in total. The number of ether oxygens (including phenoxy) is 2. The Morgan fingerprint density at radius 1 is 1.25 bits per heavy atom. The number of piperidine rings is 1. The number of hydrogen-bond donors (Lipinski definition) is 1. The van der Waals surface area contributed by atoms with Gasteiger partial charge in [-0.1, -0.05) is 19.1 Å². The largest absolute Gasteiger partial charge is 0.486 e. The molecule has 0 radical (unpaired) electrons. The van der Waals surface area contributed by atoms with E-state index in [9.17, 15) is 4.79 Å². The zero-order valence-corrected chi connectivity index (χ0v) is 14.2. The molecule has 3 aliphatic rings. The van der Waals surface area contributed by atoms with E-state index in [1.165, 1.54) is 6.42 Å². The fourth-order valence-electron chi connectivity index (χ4n) is 3.60. The fourth-order valence-corrected chi connectivity index (χ4v) is 3.60. The van der Waals surface area contributed by atoms with E-state index in [0.717, 1.165) is 43.9 Å². The van der Waals surface area contributed by atoms with Gasteiger partial charge in [0.1, 0.15) is 12.7 Å². The highest BCUT2D eigenvalue weighted by atomic mass is 16.6. The van der Waals surface area contributed by atoms with Gasteiger partial charge in [0.05, 0.1) is 6.17 Å². The average Bonchev–Trinajstić information content (AvgIpc) is 3.42. The lowest BCUT2D eigenvalue weighted by Crippen LogP contribution is -2.56. The van der Waals surface area contributed by atoms with Crippen molar-refractivity contribution in [3.05, 3.63) is 24.3 Å². The second-order valence-corrected chi connectivity index (χ2v) is 7.42. The molecule has 130 valence electrons. The molecule has 4 rings (SSSR count). The molecule has 1 aromatic carbocycles. The number of fused-ring (bicyclic) bond motifs is 1. The summed E-state index contributed by atoms with van der Waals surface area (Å²) in [7, 11) is 0. The van der Waals surface area contributed by atoms with E-state index in [2.05, 4.69) is 17.1 Å². The number of amides is 1. The first-order chi connectivity index (χ1) is 11.7. The molecule has 2 heterocycles. The van der Waals surface area contributed by atoms with Crippen LogP contribution in [0.25, 0.3) is 0 Å². The quantitative estimate of drug-likeness (QED) is 0.921. The summed E-state index contributed by atoms with van der Waals surface area (Å²) in [5.74, 6) is 2.77. The van der Waals surface area contributed by atoms with Gasteiger partial charge < -0.3 is 14.8 Å². The van der Waals surface area contributed by atoms with Crippen molar-refractivity contribution < 1.29 is 14.3 Å². The van der Waals surface area contributed by atoms with Crippen molar-refractivity contribution in [2.45, 2.75) is 44.9 Å². The van der Waals surface area contributed by atoms with Gasteiger partial charge in [0.15, 0.2) is 11.5 Å². The monoisotopic (exact) mass is 330 g/mol. The predicted octanol–water partition coefficient (Wildman–Crippen LogP) is 2.41. The van der Waals surface area contributed by atoms with Crippen LogP contribution in [0.4, 0.5) is 0 Å². The van der Waals surface area contributed by atoms with Crippen LogP contribution in [0.5, 0.6) is 11.5 Å². The Labute approximate surface area is 143 Å². The number of hydrogen-bond acceptors (Lipinski definition) is 4. The minimum atomic E-state index is 0.00799. The Morgan fingerprint density at radius 3 is 2.83 bits per heavy atom. The summed E-state index contributed by atoms with van der Waals surface area (Å²) in [6, 6.07) is 7.81. The first-order valence-electron chi connectivity index (χ1n) is 9.12. The summed E-state index contributed by atoms with van der Waals surface area (Å²) in [6.45, 7) is 4.62. The SMILES string of the molecule is CC1CCN(C[C@H]2COc3ccccc3O2)C(NC(=O)C2CC2)C1. The predicted molar refractivity (Wildman–Crippen MR) is 91.0 cm³/mol. The number of rotatable bonds is 4. The second kappa shape index (κ2) is 6.63. The van der Waals surface area contributed by atoms with Crippen molar-refractivity contribution in [2.24, 2.45) is 11.8 Å². The molecular weight excluding hydrogens is 304 g/mol. The van der Waals surface area contributed by atoms with Gasteiger partial charge in [-0.3, -0.25) is 9.69 Å². The van der Waals surface area contributed by atoms with Crippen molar-refractivity contribution in [3.8, 4) is 11.5 Å². The number of likely N-dealkylation sites (tertiary alicyclic amines) is 1. The standard InChI is InChI=1S/C19H26N2O3/c1-13-8-9-21(18(10-13)20-19(22)14-6-7-14)11-15-12-23-16-4-2-3-5-17(16)24-15/h2-5,13-15,18H,6-12H2,1H3,(H,20,22)/t13?,15-,18?/m0/s1. The van der Waals surface area contributed by atoms with Gasteiger partial charge >= 0.3 is 0 Å². The molecule has 1 saturated heterocycles. The number of nitrogens with zero attached hydrogens (tertiary/aromatic N) is 1. The lowest BCUT2D eigenvalue weighted by atomic mass is 9.96. The maximum Gasteiger partial charge on any atom is 0.224 e. The summed E-state index contributed by atoms with van der Waals surface area (Å²) in [4.78, 5) is 14.6. The van der Waals surface area contributed by atoms with Gasteiger partial charge in [0, 0.05) is 19.0 Å². The zero-order valence-electron chi connectivity index (χ0n) is 14.2. The highest BCUT2D eigenvalue weighted by molar-refractivity contribution is 5.81. The number of nitrogens with one attached hydrogen (secondary N) is 1. The maximum atomic E-state index is 12.2. The van der Waals surface area contributed by atoms with Crippen LogP contribution in [0.1, 0.15) is 32.6 Å². The fraction of sp³-hybridized carbons (Fsp3) is 0.632. The number of carbonyl (C=O) groups is 1. The molecule has 3 atom stereocenters. The lowest BCUT2D eigenvalue weighted by Gasteiger charge is -2.41. The highest BCUT2D eigenvalue weighted by Crippen LogP contribution is 2.32. The summed E-state index contributed by atoms with van der Waals surface area (Å²) in [6.07, 6.45) is 4.41. The van der Waals surface area contributed by atoms with E-state index in [4.69, 9.17) is 9.47 Å². The van der Waals surface area contributed by atoms with Crippen molar-refractivity contribution in [1.82, 2.24) is 10.2 Å². The van der Waals surface area contributed by atoms with E-state index in [-0.39, 0.29) is 24.1 Å². The van der Waals surface area contributed by atoms with E-state index in [0.29, 0.717) is 12.5 Å². The van der Waals surface area contributed by atoms with Crippen LogP contribution in [0, 0.1) is 11.8 Å². The van der Waals surface area contributed by atoms with Crippen LogP contribution in [-0.2, 0) is 4.79 Å². The molecule has 5 heteroatoms. The Hall–Kier alpha value is -1.75. The van der Waals surface area contributed by atoms with Gasteiger partial charge in [-0.05, 0) is 43.7 Å². The average molecular weight is 330 g/mol. The van der Waals surface area contributed by atoms with E-state index in [1.54, 1.807) is 0 Å². The van der Waals surface area contributed by atoms with Crippen LogP contribution in [0.15, 0.2) is 24.3 Å². The number of carbonyl (C=O) groups excluding carboxylic acids is 1. The van der Waals surface area contributed by atoms with Crippen molar-refractivity contribution >= 4 is 5.91 Å². The first-order valence-corrected chi connectivity index (χ1v) is 9.12. The lowest BCUT2D eigenvalue weighted by molar-refractivity contribution is -0.125. The van der Waals surface area contributed by atoms with Crippen LogP contribution in [-0.4, -0.2) is 42.8 Å². The van der Waals surface area contributed by atoms with Gasteiger partial charge in [0.2, 0.25) is 5.91 Å². The molecule has 1 saturated carbocycles. The summed E-state index contributed by atoms with van der Waals surface area (Å²) < 4.78 is 11.9. The summed E-state index contributed by atoms with van der Waals surface area (Å²) >= 11 is 0. The van der Waals surface area contributed by atoms with Crippen molar-refractivity contribution in [2.75, 3.05) is 19.7 Å². The van der Waals surface area contributed by atoms with Crippen LogP contribution in [0.3, 0.4) is 0 Å². The molecule has 24 heavy (non-hydrogen) atoms. The molecule has 2 aliphatic heterocycles. The molecule has 0 spiro atoms. The summed E-state index contributed by atoms with van der Waals surface area (Å²) in [5.41, 5.74) is 0. The van der Waals surface area contributed by atoms with E-state index in [1.807, 2.05) is 24.3 Å². The molecule has 1 N–H and O–H groups in total. The van der Waals surface area contributed by atoms with E-state index < -0.39 is 0 Å². The summed E-state index contributed by atoms with van der Waals surface area (Å²) in [5, 5.41) is 3.26. The van der Waals surface area contributed by atoms with Crippen LogP contribution >= 0.6 is 0 Å². The number of benzene rings is 1. The minimum absolute atomic E-state index is 0.00799. The zero-order chi connectivity index (χ0) is 16.5. The molecule has 1 aliphatic carbocycles. The molecule has 1 aromatic rings. The third-order valence-electron chi connectivity index (χ3n) is 5.24. The second-order valence-electron chi connectivity index (χ2n) is 7.42. The Balaban J connectivity index is 1.39.